The zero-order chi connectivity index (χ0) is 94.2. The van der Waals surface area contributed by atoms with Gasteiger partial charge in [-0.15, -0.1) is 0 Å². The first kappa shape index (κ1) is 113. The second-order valence-corrected chi connectivity index (χ2v) is 35.6. The molecule has 0 radical (unpaired) electrons. The van der Waals surface area contributed by atoms with Crippen molar-refractivity contribution in [2.24, 2.45) is 17.8 Å². The lowest BCUT2D eigenvalue weighted by Crippen LogP contribution is -2.55. The Hall–Kier alpha value is -9.25. The zero-order valence-electron chi connectivity index (χ0n) is 77.8. The SMILES string of the molecule is CC(C)=CCC/C(C)=C/C(=O)/C(C(=O)C(O)(CO)C(=O)OP(=O)(OC(=O)C(O)(CO)C(=O)/C(C(=O)/C=C(\C)CCC=C(C)C)=C(\C)C(CC=C(C)C)C(=O)/C=C(\C)CCC=C(C)C)OC(=O)C(O)(CO)C(=O)/C(C(=O)/C=C(\C)CCC=C(C)C)=C(\C)C(CC=C(C)C)C(=O)/C=C(\C)CCC=C(C)C)=C(/C)C(CC=C(C)C)C(=O)/C=C(\C)CCC=C(C)C. The van der Waals surface area contributed by atoms with E-state index in [1.807, 2.05) is 120 Å². The molecule has 0 aliphatic rings. The maximum atomic E-state index is 16.2. The lowest BCUT2D eigenvalue weighted by molar-refractivity contribution is -0.173. The summed E-state index contributed by atoms with van der Waals surface area (Å²) in [6, 6.07) is 0. The number of ketones is 9. The number of aliphatic hydroxyl groups excluding tert-OH is 3. The monoisotopic (exact) mass is 1710 g/mol. The quantitative estimate of drug-likeness (QED) is 0.0108. The Morgan fingerprint density at radius 2 is 0.434 bits per heavy atom. The van der Waals surface area contributed by atoms with Crippen molar-refractivity contribution in [2.75, 3.05) is 19.8 Å². The molecule has 0 rings (SSSR count). The van der Waals surface area contributed by atoms with E-state index in [2.05, 4.69) is 0 Å². The average Bonchev–Trinajstić information content (AvgIpc) is 0.743. The van der Waals surface area contributed by atoms with E-state index < -0.39 is 166 Å². The third-order valence-corrected chi connectivity index (χ3v) is 20.9. The van der Waals surface area contributed by atoms with Gasteiger partial charge in [-0.1, -0.05) is 138 Å². The highest BCUT2D eigenvalue weighted by Gasteiger charge is 2.59. The summed E-state index contributed by atoms with van der Waals surface area (Å²) in [5.41, 5.74) is -7.59. The maximum Gasteiger partial charge on any atom is 0.654 e. The van der Waals surface area contributed by atoms with Crippen molar-refractivity contribution in [2.45, 2.75) is 300 Å². The van der Waals surface area contributed by atoms with E-state index in [0.717, 1.165) is 72.4 Å². The van der Waals surface area contributed by atoms with Crippen molar-refractivity contribution >= 4 is 77.8 Å². The number of hydrogen-bond donors (Lipinski definition) is 6. The first-order valence-corrected chi connectivity index (χ1v) is 43.0. The summed E-state index contributed by atoms with van der Waals surface area (Å²) in [5, 5.41) is 72.3. The summed E-state index contributed by atoms with van der Waals surface area (Å²) in [6.07, 6.45) is 26.4. The van der Waals surface area contributed by atoms with Crippen LogP contribution in [0.3, 0.4) is 0 Å². The first-order chi connectivity index (χ1) is 56.5. The summed E-state index contributed by atoms with van der Waals surface area (Å²) in [7, 11) is -7.36. The lowest BCUT2D eigenvalue weighted by atomic mass is 9.81. The Balaban J connectivity index is 10.5. The van der Waals surface area contributed by atoms with Gasteiger partial charge in [0.25, 0.3) is 0 Å². The Morgan fingerprint density at radius 3 is 0.590 bits per heavy atom. The van der Waals surface area contributed by atoms with Crippen LogP contribution in [0.5, 0.6) is 0 Å². The Labute approximate surface area is 726 Å². The highest BCUT2D eigenvalue weighted by atomic mass is 31.2. The van der Waals surface area contributed by atoms with Crippen molar-refractivity contribution in [1.29, 1.82) is 0 Å². The van der Waals surface area contributed by atoms with E-state index >= 15 is 47.7 Å². The van der Waals surface area contributed by atoms with E-state index in [0.29, 0.717) is 108 Å². The van der Waals surface area contributed by atoms with Crippen LogP contribution in [0.4, 0.5) is 0 Å². The van der Waals surface area contributed by atoms with E-state index in [1.165, 1.54) is 39.0 Å². The van der Waals surface area contributed by atoms with Crippen LogP contribution in [0.1, 0.15) is 283 Å². The number of carbonyl (C=O) groups is 12. The normalized spacial score (nSPS) is 15.5. The van der Waals surface area contributed by atoms with Gasteiger partial charge < -0.3 is 44.2 Å². The molecule has 23 heteroatoms. The van der Waals surface area contributed by atoms with Crippen molar-refractivity contribution in [3.8, 4) is 0 Å². The third kappa shape index (κ3) is 38.7. The molecule has 0 fully saturated rings. The predicted octanol–water partition coefficient (Wildman–Crippen LogP) is 19.0. The molecule has 22 nitrogen and oxygen atoms in total. The fourth-order valence-electron chi connectivity index (χ4n) is 12.3. The number of aliphatic hydroxyl groups is 6. The van der Waals surface area contributed by atoms with Crippen molar-refractivity contribution in [1.82, 2.24) is 0 Å². The molecule has 0 saturated heterocycles. The molecular weight excluding hydrogens is 1570 g/mol. The average molecular weight is 1710 g/mol. The molecule has 0 heterocycles. The first-order valence-electron chi connectivity index (χ1n) is 41.5. The van der Waals surface area contributed by atoms with E-state index in [4.69, 9.17) is 13.6 Å². The number of phosphoric ester groups is 1. The smallest absolute Gasteiger partial charge is 0.392 e. The summed E-state index contributed by atoms with van der Waals surface area (Å²) in [4.78, 5) is 183. The lowest BCUT2D eigenvalue weighted by Gasteiger charge is -2.30. The molecule has 0 spiro atoms. The van der Waals surface area contributed by atoms with Crippen LogP contribution < -0.4 is 0 Å². The summed E-state index contributed by atoms with van der Waals surface area (Å²) >= 11 is 0. The van der Waals surface area contributed by atoms with E-state index in [-0.39, 0.29) is 38.5 Å². The summed E-state index contributed by atoms with van der Waals surface area (Å²) < 4.78 is 31.5. The van der Waals surface area contributed by atoms with Crippen molar-refractivity contribution in [3.63, 3.8) is 0 Å². The molecule has 122 heavy (non-hydrogen) atoms. The van der Waals surface area contributed by atoms with E-state index in [9.17, 15) is 45.0 Å². The molecule has 674 valence electrons. The second-order valence-electron chi connectivity index (χ2n) is 34.2. The fourth-order valence-corrected chi connectivity index (χ4v) is 13.5. The van der Waals surface area contributed by atoms with Gasteiger partial charge in [-0.25, -0.2) is 14.4 Å². The molecule has 0 aromatic carbocycles. The third-order valence-electron chi connectivity index (χ3n) is 19.7. The van der Waals surface area contributed by atoms with E-state index in [1.54, 1.807) is 80.5 Å². The largest absolute Gasteiger partial charge is 0.654 e. The number of carbonyl (C=O) groups excluding carboxylic acids is 12. The number of hydrogen-bond acceptors (Lipinski definition) is 22. The molecule has 0 aliphatic carbocycles. The minimum Gasteiger partial charge on any atom is -0.392 e. The van der Waals surface area contributed by atoms with Crippen LogP contribution in [0.2, 0.25) is 0 Å². The van der Waals surface area contributed by atoms with Gasteiger partial charge in [0.05, 0.1) is 36.5 Å². The molecular formula is C99H141O22P. The van der Waals surface area contributed by atoms with Crippen molar-refractivity contribution in [3.05, 3.63) is 208 Å². The van der Waals surface area contributed by atoms with Gasteiger partial charge in [0, 0.05) is 17.8 Å². The molecule has 6 unspecified atom stereocenters. The van der Waals surface area contributed by atoms with Crippen LogP contribution in [-0.2, 0) is 75.7 Å². The minimum atomic E-state index is -7.36. The van der Waals surface area contributed by atoms with Gasteiger partial charge in [-0.2, -0.15) is 4.57 Å². The predicted molar refractivity (Wildman–Crippen MR) is 482 cm³/mol. The molecule has 6 N–H and O–H groups in total. The van der Waals surface area contributed by atoms with Crippen LogP contribution >= 0.6 is 7.82 Å². The molecule has 0 bridgehead atoms. The van der Waals surface area contributed by atoms with Crippen LogP contribution in [0.15, 0.2) is 208 Å². The minimum absolute atomic E-state index is 0.171. The Morgan fingerprint density at radius 1 is 0.270 bits per heavy atom. The molecule has 0 aliphatic heterocycles. The Kier molecular flexibility index (Phi) is 50.3. The second kappa shape index (κ2) is 54.4. The van der Waals surface area contributed by atoms with Gasteiger partial charge in [0.1, 0.15) is 0 Å². The number of Topliss-reactive ketones (excluding diaryl/α,β-unsaturated/α-hetero) is 3. The molecule has 0 aromatic heterocycles. The highest BCUT2D eigenvalue weighted by Crippen LogP contribution is 2.53. The molecule has 6 atom stereocenters. The number of allylic oxidation sites excluding steroid dienone is 33. The summed E-state index contributed by atoms with van der Waals surface area (Å²) in [5.74, 6) is -25.1. The summed E-state index contributed by atoms with van der Waals surface area (Å²) in [6.45, 7) is 38.8. The van der Waals surface area contributed by atoms with Gasteiger partial charge in [-0.3, -0.25) is 43.2 Å². The number of phosphoric acid groups is 1. The van der Waals surface area contributed by atoms with Crippen LogP contribution in [-0.4, -0.2) is 137 Å². The van der Waals surface area contributed by atoms with Gasteiger partial charge in [-0.05, 0) is 336 Å². The van der Waals surface area contributed by atoms with Gasteiger partial charge in [0.2, 0.25) is 34.2 Å². The number of rotatable bonds is 54. The van der Waals surface area contributed by atoms with Gasteiger partial charge in [0.15, 0.2) is 34.7 Å². The Bertz CT molecular complexity index is 4050. The zero-order valence-corrected chi connectivity index (χ0v) is 78.7. The topological polar surface area (TPSA) is 371 Å². The van der Waals surface area contributed by atoms with Crippen LogP contribution in [0, 0.1) is 17.8 Å². The maximum absolute atomic E-state index is 16.2. The van der Waals surface area contributed by atoms with Gasteiger partial charge >= 0.3 is 25.7 Å². The standard InChI is InChI=1S/C99H141O22P/c1-61(2)34-28-40-70(19)52-82(103)79(49-46-67(13)14)76(25)88(85(106)55-73(22)43-31-37-64(7)8)91(109)97(115,58-100)94(112)119-122(118,120-95(113)98(116,59-101)92(110)89(86(107)56-74(23)44-32-38-65(9)10)77(26)80(50-47-68(15)16)83(104)53-71(20)41-29-35-62(3)4)121-96(114)99(117,60-102)93(111)90(87(108)57-75(24)45-33-39-66(11)12)78(27)81(51-48-69(17)18)84(105)54-72(21)42-30-36-63(5)6/h34-39,46-48,52-57,79-81,100-102,115-117H,28-33,40-45,49-51,58-60H2,1-27H3/b70-52+,71-53+,72-54+,73-55+,74-56+,75-57+,88-76+,89-77+,90-78+. The van der Waals surface area contributed by atoms with Crippen LogP contribution in [0.25, 0.3) is 0 Å². The highest BCUT2D eigenvalue weighted by molar-refractivity contribution is 7.50. The fraction of sp³-hybridized carbons (Fsp3) is 0.515. The molecule has 0 saturated carbocycles. The van der Waals surface area contributed by atoms with Crippen molar-refractivity contribution < 1.29 is 106 Å². The molecule has 0 amide bonds. The molecule has 0 aromatic rings.